The van der Waals surface area contributed by atoms with Gasteiger partial charge in [0.1, 0.15) is 19.3 Å². The minimum absolute atomic E-state index is 0.108. The normalized spacial score (nSPS) is 13.9. The molecule has 0 saturated heterocycles. The van der Waals surface area contributed by atoms with E-state index in [-0.39, 0.29) is 25.7 Å². The highest BCUT2D eigenvalue weighted by Gasteiger charge is 2.30. The summed E-state index contributed by atoms with van der Waals surface area (Å²) >= 11 is 0. The van der Waals surface area contributed by atoms with E-state index >= 15 is 0 Å². The van der Waals surface area contributed by atoms with Gasteiger partial charge in [-0.2, -0.15) is 0 Å². The summed E-state index contributed by atoms with van der Waals surface area (Å²) in [6.45, 7) is 7.31. The fourth-order valence-electron chi connectivity index (χ4n) is 12.4. The Labute approximate surface area is 607 Å². The molecule has 19 heteroatoms. The molecule has 0 aromatic carbocycles. The molecule has 0 aromatic rings. The number of carbonyl (C=O) groups is 4. The quantitative estimate of drug-likeness (QED) is 0.0222. The molecule has 3 N–H and O–H groups in total. The first kappa shape index (κ1) is 97.1. The summed E-state index contributed by atoms with van der Waals surface area (Å²) in [6.07, 6.45) is 64.0. The molecule has 17 nitrogen and oxygen atoms in total. The fraction of sp³-hybridized carbons (Fsp3) is 0.950. The summed E-state index contributed by atoms with van der Waals surface area (Å²) < 4.78 is 68.6. The van der Waals surface area contributed by atoms with Crippen molar-refractivity contribution in [3.63, 3.8) is 0 Å². The number of hydrogen-bond donors (Lipinski definition) is 3. The van der Waals surface area contributed by atoms with Crippen LogP contribution in [0.5, 0.6) is 0 Å². The molecule has 0 heterocycles. The number of hydrogen-bond acceptors (Lipinski definition) is 15. The standard InChI is InChI=1S/C80H156O17P2/c1-6-9-12-15-18-20-22-24-26-28-29-30-32-38-42-46-51-56-61-66-80(85)97-76(70-91-78(83)64-59-54-49-44-40-36-34-33-35-39-43-48-52-57-62-73(4)5)72-95-99(88,89)93-68-74(81)67-92-98(86,87)94-71-75(69-90-77(82)63-58-53-47-17-14-11-8-3)96-79(84)65-60-55-50-45-41-37-31-27-25-23-21-19-16-13-10-7-2/h73-76,81H,6-72H2,1-5H3,(H,86,87)(H,88,89)/t74-,75+,76+/m0/s1. The van der Waals surface area contributed by atoms with Crippen LogP contribution in [0.1, 0.15) is 426 Å². The van der Waals surface area contributed by atoms with Crippen LogP contribution in [-0.4, -0.2) is 96.7 Å². The minimum Gasteiger partial charge on any atom is -0.462 e. The van der Waals surface area contributed by atoms with Crippen LogP contribution in [0.25, 0.3) is 0 Å². The van der Waals surface area contributed by atoms with Gasteiger partial charge >= 0.3 is 39.5 Å². The van der Waals surface area contributed by atoms with Crippen LogP contribution in [0.4, 0.5) is 0 Å². The van der Waals surface area contributed by atoms with E-state index in [0.717, 1.165) is 109 Å². The third kappa shape index (κ3) is 74.1. The largest absolute Gasteiger partial charge is 0.472 e. The van der Waals surface area contributed by atoms with Crippen LogP contribution in [0, 0.1) is 5.92 Å². The molecule has 0 fully saturated rings. The average Bonchev–Trinajstić information content (AvgIpc) is 0.994. The second kappa shape index (κ2) is 73.0. The minimum atomic E-state index is -4.96. The highest BCUT2D eigenvalue weighted by molar-refractivity contribution is 7.47. The van der Waals surface area contributed by atoms with Gasteiger partial charge < -0.3 is 33.8 Å². The predicted octanol–water partition coefficient (Wildman–Crippen LogP) is 24.0. The molecule has 2 unspecified atom stereocenters. The number of rotatable bonds is 80. The van der Waals surface area contributed by atoms with Gasteiger partial charge in [-0.3, -0.25) is 37.3 Å². The van der Waals surface area contributed by atoms with Crippen LogP contribution in [0.15, 0.2) is 0 Å². The fourth-order valence-corrected chi connectivity index (χ4v) is 14.0. The summed E-state index contributed by atoms with van der Waals surface area (Å²) in [5, 5.41) is 10.6. The summed E-state index contributed by atoms with van der Waals surface area (Å²) in [5.74, 6) is -1.31. The highest BCUT2D eigenvalue weighted by Crippen LogP contribution is 2.45. The molecule has 0 aliphatic rings. The molecule has 5 atom stereocenters. The van der Waals surface area contributed by atoms with E-state index in [1.807, 2.05) is 0 Å². The van der Waals surface area contributed by atoms with E-state index in [4.69, 9.17) is 37.0 Å². The Morgan fingerprint density at radius 2 is 0.465 bits per heavy atom. The van der Waals surface area contributed by atoms with Gasteiger partial charge in [0.05, 0.1) is 26.4 Å². The van der Waals surface area contributed by atoms with Gasteiger partial charge in [-0.05, 0) is 31.6 Å². The van der Waals surface area contributed by atoms with Crippen molar-refractivity contribution in [2.24, 2.45) is 5.92 Å². The maximum absolute atomic E-state index is 13.1. The Bertz CT molecular complexity index is 1890. The Hall–Kier alpha value is -1.94. The molecule has 0 saturated carbocycles. The number of phosphoric ester groups is 2. The number of ether oxygens (including phenoxy) is 4. The number of aliphatic hydroxyl groups excluding tert-OH is 1. The zero-order valence-corrected chi connectivity index (χ0v) is 66.4. The van der Waals surface area contributed by atoms with E-state index in [1.165, 1.54) is 238 Å². The monoisotopic (exact) mass is 1450 g/mol. The van der Waals surface area contributed by atoms with Crippen molar-refractivity contribution in [2.45, 2.75) is 445 Å². The Morgan fingerprint density at radius 1 is 0.273 bits per heavy atom. The van der Waals surface area contributed by atoms with Gasteiger partial charge in [-0.1, -0.05) is 375 Å². The number of aliphatic hydroxyl groups is 1. The zero-order chi connectivity index (χ0) is 72.7. The first-order valence-corrected chi connectivity index (χ1v) is 44.6. The summed E-state index contributed by atoms with van der Waals surface area (Å²) in [6, 6.07) is 0. The van der Waals surface area contributed by atoms with E-state index in [2.05, 4.69) is 34.6 Å². The van der Waals surface area contributed by atoms with Gasteiger partial charge in [0, 0.05) is 25.7 Å². The molecule has 0 aliphatic carbocycles. The molecule has 0 aromatic heterocycles. The van der Waals surface area contributed by atoms with Gasteiger partial charge in [0.2, 0.25) is 0 Å². The highest BCUT2D eigenvalue weighted by atomic mass is 31.2. The summed E-state index contributed by atoms with van der Waals surface area (Å²) in [7, 11) is -9.91. The van der Waals surface area contributed by atoms with Gasteiger partial charge in [-0.25, -0.2) is 9.13 Å². The SMILES string of the molecule is CCCCCCCCCCCCCCCCCCCCCC(=O)O[C@H](COC(=O)CCCCCCCCCCCCCCCCC(C)C)COP(=O)(O)OC[C@@H](O)COP(=O)(O)OC[C@@H](COC(=O)CCCCCCCCC)OC(=O)CCCCCCCCCCCCCCCCCC. The summed E-state index contributed by atoms with van der Waals surface area (Å²) in [5.41, 5.74) is 0. The van der Waals surface area contributed by atoms with Crippen LogP contribution >= 0.6 is 15.6 Å². The molecule has 0 aliphatic heterocycles. The Balaban J connectivity index is 5.18. The Morgan fingerprint density at radius 3 is 0.687 bits per heavy atom. The lowest BCUT2D eigenvalue weighted by atomic mass is 10.0. The molecular weight excluding hydrogens is 1290 g/mol. The lowest BCUT2D eigenvalue weighted by Crippen LogP contribution is -2.30. The topological polar surface area (TPSA) is 237 Å². The van der Waals surface area contributed by atoms with Crippen molar-refractivity contribution in [1.82, 2.24) is 0 Å². The second-order valence-electron chi connectivity index (χ2n) is 29.3. The van der Waals surface area contributed by atoms with Gasteiger partial charge in [-0.15, -0.1) is 0 Å². The molecule has 0 spiro atoms. The van der Waals surface area contributed by atoms with Crippen molar-refractivity contribution in [2.75, 3.05) is 39.6 Å². The average molecular weight is 1450 g/mol. The van der Waals surface area contributed by atoms with E-state index in [0.29, 0.717) is 25.7 Å². The molecular formula is C80H156O17P2. The molecule has 0 amide bonds. The van der Waals surface area contributed by atoms with Gasteiger partial charge in [0.25, 0.3) is 0 Å². The third-order valence-corrected chi connectivity index (χ3v) is 20.7. The number of esters is 4. The van der Waals surface area contributed by atoms with Crippen molar-refractivity contribution < 1.29 is 80.2 Å². The molecule has 588 valence electrons. The van der Waals surface area contributed by atoms with E-state index in [9.17, 15) is 43.2 Å². The van der Waals surface area contributed by atoms with Gasteiger partial charge in [0.15, 0.2) is 12.2 Å². The zero-order valence-electron chi connectivity index (χ0n) is 64.6. The second-order valence-corrected chi connectivity index (χ2v) is 32.2. The van der Waals surface area contributed by atoms with Crippen molar-refractivity contribution in [3.8, 4) is 0 Å². The molecule has 0 rings (SSSR count). The maximum atomic E-state index is 13.1. The predicted molar refractivity (Wildman–Crippen MR) is 405 cm³/mol. The van der Waals surface area contributed by atoms with Crippen LogP contribution < -0.4 is 0 Å². The first-order chi connectivity index (χ1) is 48.0. The number of phosphoric acid groups is 2. The number of unbranched alkanes of at least 4 members (excludes halogenated alkanes) is 52. The lowest BCUT2D eigenvalue weighted by molar-refractivity contribution is -0.161. The summed E-state index contributed by atoms with van der Waals surface area (Å²) in [4.78, 5) is 72.9. The van der Waals surface area contributed by atoms with Crippen molar-refractivity contribution >= 4 is 39.5 Å². The lowest BCUT2D eigenvalue weighted by Gasteiger charge is -2.21. The first-order valence-electron chi connectivity index (χ1n) is 41.6. The molecule has 0 bridgehead atoms. The maximum Gasteiger partial charge on any atom is 0.472 e. The van der Waals surface area contributed by atoms with Crippen LogP contribution in [-0.2, 0) is 65.4 Å². The Kier molecular flexibility index (Phi) is 71.6. The molecule has 99 heavy (non-hydrogen) atoms. The third-order valence-electron chi connectivity index (χ3n) is 18.8. The van der Waals surface area contributed by atoms with E-state index < -0.39 is 97.5 Å². The van der Waals surface area contributed by atoms with Crippen molar-refractivity contribution in [1.29, 1.82) is 0 Å². The van der Waals surface area contributed by atoms with Crippen LogP contribution in [0.3, 0.4) is 0 Å². The van der Waals surface area contributed by atoms with Crippen molar-refractivity contribution in [3.05, 3.63) is 0 Å². The smallest absolute Gasteiger partial charge is 0.462 e. The number of carbonyl (C=O) groups excluding carboxylic acids is 4. The molecule has 0 radical (unpaired) electrons. The van der Waals surface area contributed by atoms with Crippen LogP contribution in [0.2, 0.25) is 0 Å². The van der Waals surface area contributed by atoms with E-state index in [1.54, 1.807) is 0 Å².